The standard InChI is InChI=1S/C31H22N4OS/c36-30-28(37-31(32-25-15-7-2-8-16-25)35(30)27-19-11-4-12-20-27)21-24-22-34(26-17-9-3-10-18-26)33-29(24)23-13-5-1-6-14-23/h1-22H. The molecular formula is C31H22N4OS. The van der Waals surface area contributed by atoms with Crippen LogP contribution in [0.3, 0.4) is 0 Å². The molecule has 0 saturated carbocycles. The average Bonchev–Trinajstić information content (AvgIpc) is 3.51. The lowest BCUT2D eigenvalue weighted by Crippen LogP contribution is -2.28. The number of amidine groups is 1. The minimum atomic E-state index is -0.114. The van der Waals surface area contributed by atoms with Crippen molar-refractivity contribution in [3.05, 3.63) is 138 Å². The van der Waals surface area contributed by atoms with E-state index in [1.165, 1.54) is 11.8 Å². The summed E-state index contributed by atoms with van der Waals surface area (Å²) in [4.78, 5) is 20.8. The third-order valence-electron chi connectivity index (χ3n) is 5.90. The van der Waals surface area contributed by atoms with Crippen molar-refractivity contribution in [2.75, 3.05) is 4.90 Å². The zero-order valence-electron chi connectivity index (χ0n) is 19.8. The number of carbonyl (C=O) groups is 1. The third-order valence-corrected chi connectivity index (χ3v) is 6.87. The topological polar surface area (TPSA) is 50.5 Å². The van der Waals surface area contributed by atoms with Crippen LogP contribution < -0.4 is 4.90 Å². The van der Waals surface area contributed by atoms with Crippen molar-refractivity contribution in [1.82, 2.24) is 9.78 Å². The lowest BCUT2D eigenvalue weighted by Gasteiger charge is -2.15. The maximum absolute atomic E-state index is 13.8. The average molecular weight is 499 g/mol. The molecule has 0 bridgehead atoms. The molecule has 0 unspecified atom stereocenters. The summed E-state index contributed by atoms with van der Waals surface area (Å²) in [6, 6.07) is 39.3. The van der Waals surface area contributed by atoms with E-state index in [1.54, 1.807) is 4.90 Å². The van der Waals surface area contributed by atoms with Gasteiger partial charge in [-0.25, -0.2) is 9.67 Å². The van der Waals surface area contributed by atoms with Gasteiger partial charge in [0, 0.05) is 17.3 Å². The highest BCUT2D eigenvalue weighted by Gasteiger charge is 2.35. The maximum Gasteiger partial charge on any atom is 0.271 e. The van der Waals surface area contributed by atoms with Crippen LogP contribution in [0.4, 0.5) is 11.4 Å². The predicted molar refractivity (Wildman–Crippen MR) is 152 cm³/mol. The molecule has 1 aliphatic rings. The normalized spacial score (nSPS) is 15.6. The number of carbonyl (C=O) groups excluding carboxylic acids is 1. The summed E-state index contributed by atoms with van der Waals surface area (Å²) < 4.78 is 1.85. The van der Waals surface area contributed by atoms with Crippen LogP contribution in [0, 0.1) is 0 Å². The first-order valence-corrected chi connectivity index (χ1v) is 12.7. The molecule has 0 N–H and O–H groups in total. The number of para-hydroxylation sites is 3. The van der Waals surface area contributed by atoms with Gasteiger partial charge in [0.2, 0.25) is 0 Å². The Balaban J connectivity index is 1.46. The van der Waals surface area contributed by atoms with E-state index >= 15 is 0 Å². The van der Waals surface area contributed by atoms with Crippen LogP contribution in [0.5, 0.6) is 0 Å². The molecule has 1 aromatic heterocycles. The monoisotopic (exact) mass is 498 g/mol. The van der Waals surface area contributed by atoms with Crippen LogP contribution >= 0.6 is 11.8 Å². The Morgan fingerprint density at radius 1 is 0.703 bits per heavy atom. The van der Waals surface area contributed by atoms with Gasteiger partial charge in [0.1, 0.15) is 0 Å². The van der Waals surface area contributed by atoms with E-state index in [0.717, 1.165) is 33.9 Å². The van der Waals surface area contributed by atoms with Gasteiger partial charge in [0.05, 0.1) is 27.7 Å². The number of amides is 1. The van der Waals surface area contributed by atoms with Gasteiger partial charge in [0.25, 0.3) is 5.91 Å². The fraction of sp³-hybridized carbons (Fsp3) is 0. The Bertz CT molecular complexity index is 1590. The van der Waals surface area contributed by atoms with Gasteiger partial charge in [-0.05, 0) is 54.2 Å². The summed E-state index contributed by atoms with van der Waals surface area (Å²) in [5.41, 5.74) is 5.18. The molecule has 1 aliphatic heterocycles. The first-order chi connectivity index (χ1) is 18.3. The molecular weight excluding hydrogens is 476 g/mol. The largest absolute Gasteiger partial charge is 0.271 e. The molecule has 0 spiro atoms. The summed E-state index contributed by atoms with van der Waals surface area (Å²) in [5, 5.41) is 5.51. The van der Waals surface area contributed by atoms with E-state index in [2.05, 4.69) is 0 Å². The number of benzene rings is 4. The second kappa shape index (κ2) is 10.1. The number of nitrogens with zero attached hydrogens (tertiary/aromatic N) is 4. The summed E-state index contributed by atoms with van der Waals surface area (Å²) >= 11 is 1.37. The fourth-order valence-electron chi connectivity index (χ4n) is 4.13. The van der Waals surface area contributed by atoms with E-state index in [9.17, 15) is 4.79 Å². The van der Waals surface area contributed by atoms with Crippen LogP contribution in [0.15, 0.2) is 137 Å². The van der Waals surface area contributed by atoms with Crippen LogP contribution in [-0.4, -0.2) is 20.9 Å². The molecule has 1 fully saturated rings. The molecule has 6 heteroatoms. The van der Waals surface area contributed by atoms with Crippen molar-refractivity contribution < 1.29 is 4.79 Å². The highest BCUT2D eigenvalue weighted by atomic mass is 32.2. The molecule has 178 valence electrons. The van der Waals surface area contributed by atoms with Crippen LogP contribution in [-0.2, 0) is 4.79 Å². The Hall–Kier alpha value is -4.68. The van der Waals surface area contributed by atoms with Crippen molar-refractivity contribution in [2.45, 2.75) is 0 Å². The molecule has 1 saturated heterocycles. The molecule has 37 heavy (non-hydrogen) atoms. The van der Waals surface area contributed by atoms with Gasteiger partial charge in [0.15, 0.2) is 5.17 Å². The quantitative estimate of drug-likeness (QED) is 0.238. The highest BCUT2D eigenvalue weighted by molar-refractivity contribution is 8.19. The van der Waals surface area contributed by atoms with Crippen LogP contribution in [0.2, 0.25) is 0 Å². The molecule has 5 nitrogen and oxygen atoms in total. The second-order valence-electron chi connectivity index (χ2n) is 8.40. The zero-order chi connectivity index (χ0) is 25.0. The van der Waals surface area contributed by atoms with Gasteiger partial charge >= 0.3 is 0 Å². The second-order valence-corrected chi connectivity index (χ2v) is 9.40. The molecule has 5 aromatic rings. The van der Waals surface area contributed by atoms with Crippen LogP contribution in [0.25, 0.3) is 23.0 Å². The molecule has 4 aromatic carbocycles. The predicted octanol–water partition coefficient (Wildman–Crippen LogP) is 7.35. The number of hydrogen-bond donors (Lipinski definition) is 0. The number of rotatable bonds is 5. The number of aromatic nitrogens is 2. The van der Waals surface area contributed by atoms with Crippen molar-refractivity contribution in [2.24, 2.45) is 4.99 Å². The SMILES string of the molecule is O=C1C(=Cc2cn(-c3ccccc3)nc2-c2ccccc2)SC(=Nc2ccccc2)N1c1ccccc1. The Labute approximate surface area is 219 Å². The van der Waals surface area contributed by atoms with E-state index < -0.39 is 0 Å². The third kappa shape index (κ3) is 4.75. The molecule has 0 atom stereocenters. The lowest BCUT2D eigenvalue weighted by molar-refractivity contribution is -0.113. The first-order valence-electron chi connectivity index (χ1n) is 11.9. The summed E-state index contributed by atoms with van der Waals surface area (Å²) in [6.07, 6.45) is 3.89. The number of aliphatic imine (C=N–C) groups is 1. The maximum atomic E-state index is 13.8. The van der Waals surface area contributed by atoms with E-state index in [4.69, 9.17) is 10.1 Å². The van der Waals surface area contributed by atoms with Gasteiger partial charge in [-0.3, -0.25) is 9.69 Å². The van der Waals surface area contributed by atoms with Gasteiger partial charge in [-0.15, -0.1) is 0 Å². The molecule has 6 rings (SSSR count). The first kappa shape index (κ1) is 22.8. The minimum absolute atomic E-state index is 0.114. The van der Waals surface area contributed by atoms with Crippen LogP contribution in [0.1, 0.15) is 5.56 Å². The van der Waals surface area contributed by atoms with Gasteiger partial charge < -0.3 is 0 Å². The van der Waals surface area contributed by atoms with Crippen molar-refractivity contribution >= 4 is 40.3 Å². The van der Waals surface area contributed by atoms with Gasteiger partial charge in [-0.1, -0.05) is 84.9 Å². The van der Waals surface area contributed by atoms with Crippen molar-refractivity contribution in [1.29, 1.82) is 0 Å². The molecule has 2 heterocycles. The smallest absolute Gasteiger partial charge is 0.268 e. The summed E-state index contributed by atoms with van der Waals surface area (Å²) in [5.74, 6) is -0.114. The number of thioether (sulfide) groups is 1. The van der Waals surface area contributed by atoms with E-state index in [0.29, 0.717) is 10.1 Å². The molecule has 1 amide bonds. The highest BCUT2D eigenvalue weighted by Crippen LogP contribution is 2.38. The minimum Gasteiger partial charge on any atom is -0.268 e. The zero-order valence-corrected chi connectivity index (χ0v) is 20.6. The number of anilines is 1. The van der Waals surface area contributed by atoms with Crippen molar-refractivity contribution in [3.8, 4) is 16.9 Å². The van der Waals surface area contributed by atoms with E-state index in [1.807, 2.05) is 138 Å². The Morgan fingerprint density at radius 2 is 1.27 bits per heavy atom. The molecule has 0 radical (unpaired) electrons. The fourth-order valence-corrected chi connectivity index (χ4v) is 5.13. The summed E-state index contributed by atoms with van der Waals surface area (Å²) in [7, 11) is 0. The Morgan fingerprint density at radius 3 is 1.92 bits per heavy atom. The van der Waals surface area contributed by atoms with E-state index in [-0.39, 0.29) is 5.91 Å². The Kier molecular flexibility index (Phi) is 6.23. The molecule has 0 aliphatic carbocycles. The van der Waals surface area contributed by atoms with Gasteiger partial charge in [-0.2, -0.15) is 5.10 Å². The summed E-state index contributed by atoms with van der Waals surface area (Å²) in [6.45, 7) is 0. The van der Waals surface area contributed by atoms with Crippen molar-refractivity contribution in [3.63, 3.8) is 0 Å². The lowest BCUT2D eigenvalue weighted by atomic mass is 10.1. The number of hydrogen-bond acceptors (Lipinski definition) is 4.